The minimum atomic E-state index is -0.468. The number of nitrogens with two attached hydrogens (primary N) is 2. The zero-order chi connectivity index (χ0) is 14.8. The van der Waals surface area contributed by atoms with Crippen molar-refractivity contribution in [2.24, 2.45) is 16.5 Å². The minimum Gasteiger partial charge on any atom is -0.464 e. The van der Waals surface area contributed by atoms with Gasteiger partial charge in [-0.3, -0.25) is 4.79 Å². The lowest BCUT2D eigenvalue weighted by Gasteiger charge is -2.01. The van der Waals surface area contributed by atoms with Crippen LogP contribution < -0.4 is 11.5 Å². The summed E-state index contributed by atoms with van der Waals surface area (Å²) in [6.45, 7) is 0. The number of carbonyl (C=O) groups excluding carboxylic acids is 1. The number of furan rings is 1. The van der Waals surface area contributed by atoms with Crippen molar-refractivity contribution in [3.63, 3.8) is 0 Å². The van der Waals surface area contributed by atoms with Gasteiger partial charge >= 0.3 is 0 Å². The van der Waals surface area contributed by atoms with Crippen molar-refractivity contribution in [2.45, 2.75) is 0 Å². The fourth-order valence-electron chi connectivity index (χ4n) is 2.20. The van der Waals surface area contributed by atoms with E-state index in [1.165, 1.54) is 0 Å². The molecule has 1 aromatic heterocycles. The van der Waals surface area contributed by atoms with E-state index in [4.69, 9.17) is 15.9 Å². The van der Waals surface area contributed by atoms with Crippen molar-refractivity contribution in [1.29, 1.82) is 0 Å². The molecule has 0 saturated heterocycles. The zero-order valence-corrected chi connectivity index (χ0v) is 11.1. The number of hydrogen-bond donors (Lipinski definition) is 2. The zero-order valence-electron chi connectivity index (χ0n) is 11.1. The van der Waals surface area contributed by atoms with Crippen LogP contribution in [-0.2, 0) is 0 Å². The molecular formula is C16H13N3O2. The molecule has 4 N–H and O–H groups in total. The summed E-state index contributed by atoms with van der Waals surface area (Å²) >= 11 is 0. The van der Waals surface area contributed by atoms with Crippen LogP contribution in [0.1, 0.15) is 10.4 Å². The third kappa shape index (κ3) is 2.49. The second-order valence-electron chi connectivity index (χ2n) is 4.57. The van der Waals surface area contributed by atoms with E-state index in [2.05, 4.69) is 4.99 Å². The second kappa shape index (κ2) is 5.13. The number of carbonyl (C=O) groups is 1. The minimum absolute atomic E-state index is 0.251. The molecule has 104 valence electrons. The molecule has 3 aromatic rings. The molecule has 0 saturated carbocycles. The van der Waals surface area contributed by atoms with E-state index in [-0.39, 0.29) is 5.96 Å². The van der Waals surface area contributed by atoms with Crippen LogP contribution in [0.5, 0.6) is 0 Å². The standard InChI is InChI=1S/C16H13N3O2/c17-16(18)19-15(20)11-5-3-4-10(8-11)13-9-21-14-7-2-1-6-12(13)14/h1-9H,(H4,17,18,19,20). The van der Waals surface area contributed by atoms with Gasteiger partial charge in [-0.2, -0.15) is 4.99 Å². The lowest BCUT2D eigenvalue weighted by Crippen LogP contribution is -2.24. The molecule has 0 atom stereocenters. The maximum atomic E-state index is 11.9. The van der Waals surface area contributed by atoms with Crippen LogP contribution in [0.2, 0.25) is 0 Å². The predicted octanol–water partition coefficient (Wildman–Crippen LogP) is 2.51. The number of benzene rings is 2. The van der Waals surface area contributed by atoms with Crippen LogP contribution in [-0.4, -0.2) is 11.9 Å². The number of guanidine groups is 1. The van der Waals surface area contributed by atoms with Crippen molar-refractivity contribution in [2.75, 3.05) is 0 Å². The van der Waals surface area contributed by atoms with Gasteiger partial charge in [0.25, 0.3) is 5.91 Å². The molecule has 5 heteroatoms. The van der Waals surface area contributed by atoms with Crippen molar-refractivity contribution in [1.82, 2.24) is 0 Å². The topological polar surface area (TPSA) is 94.6 Å². The summed E-state index contributed by atoms with van der Waals surface area (Å²) in [6, 6.07) is 14.8. The van der Waals surface area contributed by atoms with E-state index in [0.717, 1.165) is 22.1 Å². The van der Waals surface area contributed by atoms with Gasteiger partial charge in [0.2, 0.25) is 0 Å². The molecule has 5 nitrogen and oxygen atoms in total. The predicted molar refractivity (Wildman–Crippen MR) is 81.8 cm³/mol. The van der Waals surface area contributed by atoms with Gasteiger partial charge in [-0.15, -0.1) is 0 Å². The normalized spacial score (nSPS) is 10.5. The maximum Gasteiger partial charge on any atom is 0.280 e. The largest absolute Gasteiger partial charge is 0.464 e. The van der Waals surface area contributed by atoms with Crippen LogP contribution in [0.25, 0.3) is 22.1 Å². The SMILES string of the molecule is NC(N)=NC(=O)c1cccc(-c2coc3ccccc23)c1. The summed E-state index contributed by atoms with van der Waals surface area (Å²) in [5.41, 5.74) is 13.5. The number of fused-ring (bicyclic) bond motifs is 1. The quantitative estimate of drug-likeness (QED) is 0.556. The first-order valence-corrected chi connectivity index (χ1v) is 6.36. The van der Waals surface area contributed by atoms with Crippen molar-refractivity contribution in [3.8, 4) is 11.1 Å². The van der Waals surface area contributed by atoms with E-state index >= 15 is 0 Å². The molecule has 0 radical (unpaired) electrons. The highest BCUT2D eigenvalue weighted by atomic mass is 16.3. The first-order chi connectivity index (χ1) is 10.1. The summed E-state index contributed by atoms with van der Waals surface area (Å²) in [5.74, 6) is -0.719. The Labute approximate surface area is 120 Å². The number of para-hydroxylation sites is 1. The van der Waals surface area contributed by atoms with Crippen molar-refractivity contribution >= 4 is 22.8 Å². The molecular weight excluding hydrogens is 266 g/mol. The number of rotatable bonds is 2. The van der Waals surface area contributed by atoms with Crippen molar-refractivity contribution < 1.29 is 9.21 Å². The van der Waals surface area contributed by atoms with Gasteiger partial charge in [-0.1, -0.05) is 30.3 Å². The first-order valence-electron chi connectivity index (χ1n) is 6.36. The van der Waals surface area contributed by atoms with Crippen LogP contribution >= 0.6 is 0 Å². The average molecular weight is 279 g/mol. The molecule has 0 unspecified atom stereocenters. The Hall–Kier alpha value is -3.08. The Morgan fingerprint density at radius 3 is 2.67 bits per heavy atom. The molecule has 0 bridgehead atoms. The molecule has 0 aliphatic rings. The molecule has 2 aromatic carbocycles. The molecule has 0 aliphatic heterocycles. The summed E-state index contributed by atoms with van der Waals surface area (Å²) in [5, 5.41) is 0.990. The lowest BCUT2D eigenvalue weighted by atomic mass is 10.0. The van der Waals surface area contributed by atoms with Crippen LogP contribution in [0.4, 0.5) is 0 Å². The monoisotopic (exact) mass is 279 g/mol. The van der Waals surface area contributed by atoms with E-state index in [9.17, 15) is 4.79 Å². The van der Waals surface area contributed by atoms with Gasteiger partial charge in [-0.25, -0.2) is 0 Å². The Bertz CT molecular complexity index is 845. The highest BCUT2D eigenvalue weighted by Gasteiger charge is 2.10. The number of aliphatic imine (C=N–C) groups is 1. The van der Waals surface area contributed by atoms with E-state index < -0.39 is 5.91 Å². The van der Waals surface area contributed by atoms with Gasteiger partial charge in [0.05, 0.1) is 6.26 Å². The lowest BCUT2D eigenvalue weighted by molar-refractivity contribution is 0.100. The summed E-state index contributed by atoms with van der Waals surface area (Å²) in [4.78, 5) is 15.4. The fourth-order valence-corrected chi connectivity index (χ4v) is 2.20. The molecule has 1 heterocycles. The van der Waals surface area contributed by atoms with Crippen LogP contribution in [0.3, 0.4) is 0 Å². The smallest absolute Gasteiger partial charge is 0.280 e. The van der Waals surface area contributed by atoms with E-state index in [1.54, 1.807) is 24.5 Å². The number of hydrogen-bond acceptors (Lipinski definition) is 2. The summed E-state index contributed by atoms with van der Waals surface area (Å²) in [6.07, 6.45) is 1.68. The fraction of sp³-hybridized carbons (Fsp3) is 0. The Balaban J connectivity index is 2.08. The molecule has 0 fully saturated rings. The number of amides is 1. The first kappa shape index (κ1) is 12.9. The Morgan fingerprint density at radius 1 is 1.05 bits per heavy atom. The Kier molecular flexibility index (Phi) is 3.16. The van der Waals surface area contributed by atoms with Gasteiger partial charge in [0, 0.05) is 16.5 Å². The van der Waals surface area contributed by atoms with Gasteiger partial charge in [0.15, 0.2) is 5.96 Å². The second-order valence-corrected chi connectivity index (χ2v) is 4.57. The van der Waals surface area contributed by atoms with E-state index in [0.29, 0.717) is 5.56 Å². The van der Waals surface area contributed by atoms with Crippen molar-refractivity contribution in [3.05, 3.63) is 60.4 Å². The number of nitrogens with zero attached hydrogens (tertiary/aromatic N) is 1. The molecule has 1 amide bonds. The highest BCUT2D eigenvalue weighted by Crippen LogP contribution is 2.30. The summed E-state index contributed by atoms with van der Waals surface area (Å²) in [7, 11) is 0. The Morgan fingerprint density at radius 2 is 1.86 bits per heavy atom. The van der Waals surface area contributed by atoms with Gasteiger partial charge in [0.1, 0.15) is 5.58 Å². The average Bonchev–Trinajstić information content (AvgIpc) is 2.90. The highest BCUT2D eigenvalue weighted by molar-refractivity contribution is 6.03. The molecule has 3 rings (SSSR count). The third-order valence-corrected chi connectivity index (χ3v) is 3.13. The maximum absolute atomic E-state index is 11.9. The van der Waals surface area contributed by atoms with Crippen LogP contribution in [0.15, 0.2) is 64.2 Å². The molecule has 0 spiro atoms. The third-order valence-electron chi connectivity index (χ3n) is 3.13. The summed E-state index contributed by atoms with van der Waals surface area (Å²) < 4.78 is 5.52. The molecule has 0 aliphatic carbocycles. The van der Waals surface area contributed by atoms with Gasteiger partial charge < -0.3 is 15.9 Å². The van der Waals surface area contributed by atoms with Gasteiger partial charge in [-0.05, 0) is 23.8 Å². The van der Waals surface area contributed by atoms with Crippen LogP contribution in [0, 0.1) is 0 Å². The molecule has 21 heavy (non-hydrogen) atoms. The van der Waals surface area contributed by atoms with E-state index in [1.807, 2.05) is 30.3 Å².